The molecule has 0 aromatic heterocycles. The third kappa shape index (κ3) is 3.55. The summed E-state index contributed by atoms with van der Waals surface area (Å²) < 4.78 is 5.91. The first-order chi connectivity index (χ1) is 10.6. The lowest BCUT2D eigenvalue weighted by Crippen LogP contribution is -2.47. The van der Waals surface area contributed by atoms with Crippen LogP contribution < -0.4 is 5.32 Å². The van der Waals surface area contributed by atoms with Crippen LogP contribution in [0, 0.1) is 5.92 Å². The largest absolute Gasteiger partial charge is 0.506 e. The van der Waals surface area contributed by atoms with Gasteiger partial charge >= 0.3 is 0 Å². The normalized spacial score (nSPS) is 23.0. The van der Waals surface area contributed by atoms with Gasteiger partial charge in [0.1, 0.15) is 5.75 Å². The van der Waals surface area contributed by atoms with E-state index < -0.39 is 0 Å². The predicted molar refractivity (Wildman–Crippen MR) is 85.1 cm³/mol. The average Bonchev–Trinajstić information content (AvgIpc) is 2.48. The number of ether oxygens (including phenoxy) is 1. The molecule has 1 heterocycles. The first kappa shape index (κ1) is 15.6. The molecular formula is C17H22ClNO3. The molecule has 2 N–H and O–H groups in total. The second-order valence-electron chi connectivity index (χ2n) is 6.51. The highest BCUT2D eigenvalue weighted by Crippen LogP contribution is 2.44. The van der Waals surface area contributed by atoms with Gasteiger partial charge in [-0.05, 0) is 55.7 Å². The molecule has 0 bridgehead atoms. The second-order valence-corrected chi connectivity index (χ2v) is 6.92. The number of aromatic hydroxyl groups is 1. The maximum atomic E-state index is 12.0. The molecule has 1 saturated heterocycles. The molecule has 3 rings (SSSR count). The third-order valence-corrected chi connectivity index (χ3v) is 5.13. The topological polar surface area (TPSA) is 58.6 Å². The van der Waals surface area contributed by atoms with Crippen LogP contribution in [0.2, 0.25) is 5.02 Å². The molecule has 2 fully saturated rings. The molecule has 1 saturated carbocycles. The molecule has 22 heavy (non-hydrogen) atoms. The lowest BCUT2D eigenvalue weighted by atomic mass is 9.72. The van der Waals surface area contributed by atoms with Crippen LogP contribution in [0.5, 0.6) is 5.75 Å². The minimum atomic E-state index is -0.00379. The summed E-state index contributed by atoms with van der Waals surface area (Å²) >= 11 is 5.85. The molecule has 1 aromatic rings. The van der Waals surface area contributed by atoms with Crippen molar-refractivity contribution in [2.75, 3.05) is 13.2 Å². The van der Waals surface area contributed by atoms with Crippen molar-refractivity contribution in [1.82, 2.24) is 5.32 Å². The summed E-state index contributed by atoms with van der Waals surface area (Å²) in [5, 5.41) is 12.7. The first-order valence-electron chi connectivity index (χ1n) is 7.94. The number of carbonyl (C=O) groups is 1. The summed E-state index contributed by atoms with van der Waals surface area (Å²) in [6.07, 6.45) is 5.98. The van der Waals surface area contributed by atoms with Crippen molar-refractivity contribution in [3.63, 3.8) is 0 Å². The Hall–Kier alpha value is -1.26. The number of hydrogen-bond acceptors (Lipinski definition) is 3. The summed E-state index contributed by atoms with van der Waals surface area (Å²) in [5.74, 6) is 0.552. The van der Waals surface area contributed by atoms with E-state index in [1.165, 1.54) is 25.3 Å². The Morgan fingerprint density at radius 3 is 2.95 bits per heavy atom. The zero-order chi connectivity index (χ0) is 15.6. The SMILES string of the molecule is O=C(Cc1ccc(O)c(Cl)c1)NCC1CCOC2(CCC2)C1. The summed E-state index contributed by atoms with van der Waals surface area (Å²) in [6.45, 7) is 1.53. The summed E-state index contributed by atoms with van der Waals surface area (Å²) in [5.41, 5.74) is 0.931. The van der Waals surface area contributed by atoms with Crippen molar-refractivity contribution in [2.45, 2.75) is 44.1 Å². The maximum absolute atomic E-state index is 12.0. The van der Waals surface area contributed by atoms with E-state index in [0.29, 0.717) is 5.92 Å². The van der Waals surface area contributed by atoms with E-state index in [1.807, 2.05) is 0 Å². The van der Waals surface area contributed by atoms with Crippen LogP contribution in [0.25, 0.3) is 0 Å². The average molecular weight is 324 g/mol. The van der Waals surface area contributed by atoms with Crippen LogP contribution in [-0.2, 0) is 16.0 Å². The smallest absolute Gasteiger partial charge is 0.224 e. The Balaban J connectivity index is 1.46. The Kier molecular flexibility index (Phi) is 4.59. The van der Waals surface area contributed by atoms with E-state index in [-0.39, 0.29) is 28.7 Å². The maximum Gasteiger partial charge on any atom is 0.224 e. The van der Waals surface area contributed by atoms with Crippen molar-refractivity contribution in [2.24, 2.45) is 5.92 Å². The fourth-order valence-corrected chi connectivity index (χ4v) is 3.59. The van der Waals surface area contributed by atoms with E-state index in [2.05, 4.69) is 5.32 Å². The van der Waals surface area contributed by atoms with Crippen LogP contribution in [0.3, 0.4) is 0 Å². The zero-order valence-corrected chi connectivity index (χ0v) is 13.4. The minimum Gasteiger partial charge on any atom is -0.506 e. The molecule has 1 spiro atoms. The van der Waals surface area contributed by atoms with Gasteiger partial charge < -0.3 is 15.2 Å². The Morgan fingerprint density at radius 1 is 1.45 bits per heavy atom. The molecule has 1 amide bonds. The molecule has 1 unspecified atom stereocenters. The Bertz CT molecular complexity index is 557. The summed E-state index contributed by atoms with van der Waals surface area (Å²) in [7, 11) is 0. The molecule has 1 atom stereocenters. The van der Waals surface area contributed by atoms with Crippen LogP contribution >= 0.6 is 11.6 Å². The number of halogens is 1. The molecule has 5 heteroatoms. The van der Waals surface area contributed by atoms with Crippen LogP contribution in [0.4, 0.5) is 0 Å². The molecule has 120 valence electrons. The number of phenols is 1. The van der Waals surface area contributed by atoms with E-state index in [9.17, 15) is 9.90 Å². The molecule has 4 nitrogen and oxygen atoms in total. The lowest BCUT2D eigenvalue weighted by Gasteiger charge is -2.47. The fraction of sp³-hybridized carbons (Fsp3) is 0.588. The number of hydrogen-bond donors (Lipinski definition) is 2. The number of phenolic OH excluding ortho intramolecular Hbond substituents is 1. The van der Waals surface area contributed by atoms with E-state index >= 15 is 0 Å². The molecular weight excluding hydrogens is 302 g/mol. The van der Waals surface area contributed by atoms with Gasteiger partial charge in [-0.3, -0.25) is 4.79 Å². The van der Waals surface area contributed by atoms with Gasteiger partial charge in [0.2, 0.25) is 5.91 Å². The predicted octanol–water partition coefficient (Wildman–Crippen LogP) is 3.05. The molecule has 2 aliphatic rings. The van der Waals surface area contributed by atoms with Gasteiger partial charge in [-0.1, -0.05) is 17.7 Å². The third-order valence-electron chi connectivity index (χ3n) is 4.82. The fourth-order valence-electron chi connectivity index (χ4n) is 3.39. The van der Waals surface area contributed by atoms with Crippen LogP contribution in [-0.4, -0.2) is 29.8 Å². The molecule has 0 radical (unpaired) electrons. The second kappa shape index (κ2) is 6.47. The minimum absolute atomic E-state index is 0.00379. The van der Waals surface area contributed by atoms with Gasteiger partial charge in [-0.25, -0.2) is 0 Å². The number of nitrogens with one attached hydrogen (secondary N) is 1. The van der Waals surface area contributed by atoms with Crippen molar-refractivity contribution < 1.29 is 14.6 Å². The van der Waals surface area contributed by atoms with Crippen LogP contribution in [0.15, 0.2) is 18.2 Å². The standard InChI is InChI=1S/C17H22ClNO3/c18-14-8-12(2-3-15(14)20)9-16(21)19-11-13-4-7-22-17(10-13)5-1-6-17/h2-3,8,13,20H,1,4-7,9-11H2,(H,19,21). The van der Waals surface area contributed by atoms with Gasteiger partial charge in [0.05, 0.1) is 17.0 Å². The van der Waals surface area contributed by atoms with E-state index in [4.69, 9.17) is 16.3 Å². The lowest BCUT2D eigenvalue weighted by molar-refractivity contribution is -0.144. The van der Waals surface area contributed by atoms with Crippen molar-refractivity contribution in [1.29, 1.82) is 0 Å². The van der Waals surface area contributed by atoms with Crippen molar-refractivity contribution >= 4 is 17.5 Å². The number of benzene rings is 1. The van der Waals surface area contributed by atoms with Gasteiger partial charge in [-0.2, -0.15) is 0 Å². The van der Waals surface area contributed by atoms with Gasteiger partial charge in [0.25, 0.3) is 0 Å². The van der Waals surface area contributed by atoms with Gasteiger partial charge in [0, 0.05) is 13.2 Å². The summed E-state index contributed by atoms with van der Waals surface area (Å²) in [4.78, 5) is 12.0. The Labute approximate surface area is 135 Å². The monoisotopic (exact) mass is 323 g/mol. The highest BCUT2D eigenvalue weighted by Gasteiger charge is 2.42. The van der Waals surface area contributed by atoms with Gasteiger partial charge in [0.15, 0.2) is 0 Å². The van der Waals surface area contributed by atoms with Gasteiger partial charge in [-0.15, -0.1) is 0 Å². The molecule has 1 aliphatic carbocycles. The zero-order valence-electron chi connectivity index (χ0n) is 12.6. The summed E-state index contributed by atoms with van der Waals surface area (Å²) in [6, 6.07) is 4.87. The van der Waals surface area contributed by atoms with E-state index in [0.717, 1.165) is 31.6 Å². The molecule has 1 aliphatic heterocycles. The highest BCUT2D eigenvalue weighted by atomic mass is 35.5. The van der Waals surface area contributed by atoms with Crippen LogP contribution in [0.1, 0.15) is 37.7 Å². The highest BCUT2D eigenvalue weighted by molar-refractivity contribution is 6.32. The Morgan fingerprint density at radius 2 is 2.27 bits per heavy atom. The van der Waals surface area contributed by atoms with Crippen molar-refractivity contribution in [3.8, 4) is 5.75 Å². The number of amides is 1. The number of carbonyl (C=O) groups excluding carboxylic acids is 1. The van der Waals surface area contributed by atoms with E-state index in [1.54, 1.807) is 12.1 Å². The quantitative estimate of drug-likeness (QED) is 0.895. The van der Waals surface area contributed by atoms with Crippen molar-refractivity contribution in [3.05, 3.63) is 28.8 Å². The number of rotatable bonds is 4. The molecule has 1 aromatic carbocycles. The first-order valence-corrected chi connectivity index (χ1v) is 8.32.